The number of rotatable bonds is 8. The maximum atomic E-state index is 13.1. The molecule has 2 aromatic heterocycles. The fraction of sp³-hybridized carbons (Fsp3) is 0.360. The van der Waals surface area contributed by atoms with Crippen LogP contribution in [-0.2, 0) is 16.7 Å². The molecule has 0 amide bonds. The van der Waals surface area contributed by atoms with E-state index in [-0.39, 0.29) is 22.5 Å². The Morgan fingerprint density at radius 1 is 1.06 bits per heavy atom. The van der Waals surface area contributed by atoms with Crippen LogP contribution < -0.4 is 5.56 Å². The van der Waals surface area contributed by atoms with Crippen LogP contribution in [0.25, 0.3) is 16.7 Å². The van der Waals surface area contributed by atoms with Gasteiger partial charge in [0.15, 0.2) is 10.9 Å². The Morgan fingerprint density at radius 3 is 2.48 bits per heavy atom. The molecule has 0 saturated carbocycles. The molecule has 33 heavy (non-hydrogen) atoms. The van der Waals surface area contributed by atoms with Crippen molar-refractivity contribution in [1.29, 1.82) is 0 Å². The summed E-state index contributed by atoms with van der Waals surface area (Å²) in [6.07, 6.45) is 0.683. The van der Waals surface area contributed by atoms with Crippen LogP contribution >= 0.6 is 11.8 Å². The minimum absolute atomic E-state index is 0.0231. The van der Waals surface area contributed by atoms with Crippen LogP contribution in [0.4, 0.5) is 0 Å². The number of ether oxygens (including phenoxy) is 1. The fourth-order valence-electron chi connectivity index (χ4n) is 3.77. The van der Waals surface area contributed by atoms with Crippen molar-refractivity contribution in [2.45, 2.75) is 44.3 Å². The van der Waals surface area contributed by atoms with Gasteiger partial charge in [-0.2, -0.15) is 0 Å². The highest BCUT2D eigenvalue weighted by Gasteiger charge is 2.18. The molecule has 172 valence electrons. The lowest BCUT2D eigenvalue weighted by atomic mass is 9.86. The topological polar surface area (TPSA) is 78.5 Å². The van der Waals surface area contributed by atoms with Crippen LogP contribution in [0.2, 0.25) is 0 Å². The number of carbonyl (C=O) groups excluding carboxylic acids is 1. The molecule has 0 atom stereocenters. The Morgan fingerprint density at radius 2 is 1.79 bits per heavy atom. The Bertz CT molecular complexity index is 1350. The van der Waals surface area contributed by atoms with Gasteiger partial charge in [0.25, 0.3) is 5.56 Å². The normalized spacial score (nSPS) is 12.0. The predicted octanol–water partition coefficient (Wildman–Crippen LogP) is 4.35. The summed E-state index contributed by atoms with van der Waals surface area (Å²) in [6.45, 7) is 7.46. The maximum absolute atomic E-state index is 13.1. The average molecular weight is 465 g/mol. The van der Waals surface area contributed by atoms with Crippen molar-refractivity contribution < 1.29 is 9.53 Å². The van der Waals surface area contributed by atoms with E-state index in [9.17, 15) is 9.59 Å². The number of benzene rings is 2. The minimum Gasteiger partial charge on any atom is -0.385 e. The number of ketones is 1. The first-order chi connectivity index (χ1) is 15.8. The number of aromatic nitrogens is 4. The number of methoxy groups -OCH3 is 1. The molecule has 0 unspecified atom stereocenters. The van der Waals surface area contributed by atoms with Crippen LogP contribution in [0.1, 0.15) is 43.1 Å². The standard InChI is InChI=1S/C25H28N4O3S/c1-25(2,3)18-12-10-17(11-13-18)21(30)16-33-24-27-26-23-28(14-7-15-32-4)22(31)19-8-5-6-9-20(19)29(23)24/h5-6,8-13H,7,14-16H2,1-4H3. The third-order valence-electron chi connectivity index (χ3n) is 5.61. The van der Waals surface area contributed by atoms with E-state index < -0.39 is 0 Å². The number of thioether (sulfide) groups is 1. The van der Waals surface area contributed by atoms with E-state index in [1.165, 1.54) is 17.3 Å². The molecule has 0 radical (unpaired) electrons. The van der Waals surface area contributed by atoms with Gasteiger partial charge in [-0.05, 0) is 29.5 Å². The second kappa shape index (κ2) is 9.49. The number of carbonyl (C=O) groups is 1. The van der Waals surface area contributed by atoms with E-state index in [2.05, 4.69) is 31.0 Å². The second-order valence-corrected chi connectivity index (χ2v) is 9.92. The molecule has 0 aliphatic rings. The van der Waals surface area contributed by atoms with Gasteiger partial charge in [-0.3, -0.25) is 18.6 Å². The van der Waals surface area contributed by atoms with Gasteiger partial charge in [0, 0.05) is 25.8 Å². The minimum atomic E-state index is -0.104. The van der Waals surface area contributed by atoms with Gasteiger partial charge in [0.1, 0.15) is 0 Å². The quantitative estimate of drug-likeness (QED) is 0.219. The maximum Gasteiger partial charge on any atom is 0.262 e. The Balaban J connectivity index is 1.65. The van der Waals surface area contributed by atoms with Crippen molar-refractivity contribution in [3.05, 3.63) is 70.0 Å². The van der Waals surface area contributed by atoms with Crippen molar-refractivity contribution in [1.82, 2.24) is 19.2 Å². The summed E-state index contributed by atoms with van der Waals surface area (Å²) in [7, 11) is 1.64. The molecule has 0 bridgehead atoms. The Hall–Kier alpha value is -2.97. The van der Waals surface area contributed by atoms with Crippen LogP contribution in [0.5, 0.6) is 0 Å². The number of fused-ring (bicyclic) bond motifs is 3. The predicted molar refractivity (Wildman–Crippen MR) is 131 cm³/mol. The van der Waals surface area contributed by atoms with Crippen LogP contribution in [0.3, 0.4) is 0 Å². The van der Waals surface area contributed by atoms with Gasteiger partial charge < -0.3 is 4.74 Å². The second-order valence-electron chi connectivity index (χ2n) is 8.98. The molecule has 4 aromatic rings. The van der Waals surface area contributed by atoms with Crippen molar-refractivity contribution in [3.63, 3.8) is 0 Å². The zero-order valence-electron chi connectivity index (χ0n) is 19.4. The van der Waals surface area contributed by atoms with E-state index in [1.54, 1.807) is 17.7 Å². The molecule has 0 N–H and O–H groups in total. The first-order valence-corrected chi connectivity index (χ1v) is 11.9. The smallest absolute Gasteiger partial charge is 0.262 e. The average Bonchev–Trinajstić information content (AvgIpc) is 3.23. The summed E-state index contributed by atoms with van der Waals surface area (Å²) in [5.41, 5.74) is 2.53. The van der Waals surface area contributed by atoms with E-state index in [0.29, 0.717) is 41.5 Å². The molecule has 0 aliphatic heterocycles. The molecular formula is C25H28N4O3S. The third kappa shape index (κ3) is 4.72. The Kier molecular flexibility index (Phi) is 6.67. The van der Waals surface area contributed by atoms with Gasteiger partial charge >= 0.3 is 0 Å². The lowest BCUT2D eigenvalue weighted by Gasteiger charge is -2.18. The molecule has 0 saturated heterocycles. The number of nitrogens with zero attached hydrogens (tertiary/aromatic N) is 4. The van der Waals surface area contributed by atoms with Crippen molar-refractivity contribution in [3.8, 4) is 0 Å². The summed E-state index contributed by atoms with van der Waals surface area (Å²) < 4.78 is 8.64. The number of hydrogen-bond acceptors (Lipinski definition) is 6. The van der Waals surface area contributed by atoms with Gasteiger partial charge in [0.2, 0.25) is 5.78 Å². The Labute approximate surface area is 196 Å². The molecule has 2 heterocycles. The molecule has 8 heteroatoms. The summed E-state index contributed by atoms with van der Waals surface area (Å²) in [6, 6.07) is 15.2. The van der Waals surface area contributed by atoms with E-state index in [1.807, 2.05) is 46.9 Å². The molecule has 0 aliphatic carbocycles. The summed E-state index contributed by atoms with van der Waals surface area (Å²) in [5.74, 6) is 0.724. The number of para-hydroxylation sites is 1. The van der Waals surface area contributed by atoms with Gasteiger partial charge in [0.05, 0.1) is 16.7 Å². The van der Waals surface area contributed by atoms with Gasteiger partial charge in [-0.25, -0.2) is 0 Å². The summed E-state index contributed by atoms with van der Waals surface area (Å²) in [5, 5.41) is 9.80. The summed E-state index contributed by atoms with van der Waals surface area (Å²) in [4.78, 5) is 25.9. The molecule has 4 rings (SSSR count). The van der Waals surface area contributed by atoms with Crippen LogP contribution in [0, 0.1) is 0 Å². The number of aryl methyl sites for hydroxylation is 1. The van der Waals surface area contributed by atoms with Gasteiger partial charge in [-0.1, -0.05) is 68.9 Å². The van der Waals surface area contributed by atoms with Crippen LogP contribution in [0.15, 0.2) is 58.5 Å². The first-order valence-electron chi connectivity index (χ1n) is 10.9. The molecule has 0 fully saturated rings. The summed E-state index contributed by atoms with van der Waals surface area (Å²) >= 11 is 1.33. The van der Waals surface area contributed by atoms with E-state index in [0.717, 1.165) is 5.52 Å². The highest BCUT2D eigenvalue weighted by molar-refractivity contribution is 7.99. The third-order valence-corrected chi connectivity index (χ3v) is 6.54. The first kappa shape index (κ1) is 23.2. The molecular weight excluding hydrogens is 436 g/mol. The lowest BCUT2D eigenvalue weighted by Crippen LogP contribution is -2.24. The molecule has 0 spiro atoms. The highest BCUT2D eigenvalue weighted by atomic mass is 32.2. The molecule has 7 nitrogen and oxygen atoms in total. The number of hydrogen-bond donors (Lipinski definition) is 0. The zero-order valence-corrected chi connectivity index (χ0v) is 20.2. The van der Waals surface area contributed by atoms with E-state index in [4.69, 9.17) is 4.74 Å². The van der Waals surface area contributed by atoms with Crippen molar-refractivity contribution in [2.75, 3.05) is 19.5 Å². The van der Waals surface area contributed by atoms with Crippen LogP contribution in [-0.4, -0.2) is 44.4 Å². The zero-order chi connectivity index (χ0) is 23.6. The van der Waals surface area contributed by atoms with E-state index >= 15 is 0 Å². The van der Waals surface area contributed by atoms with Gasteiger partial charge in [-0.15, -0.1) is 10.2 Å². The monoisotopic (exact) mass is 464 g/mol. The van der Waals surface area contributed by atoms with Crippen molar-refractivity contribution in [2.24, 2.45) is 0 Å². The SMILES string of the molecule is COCCCn1c(=O)c2ccccc2n2c(SCC(=O)c3ccc(C(C)(C)C)cc3)nnc12. The fourth-order valence-corrected chi connectivity index (χ4v) is 4.60. The van der Waals surface area contributed by atoms with Crippen molar-refractivity contribution >= 4 is 34.2 Å². The molecule has 2 aromatic carbocycles. The highest BCUT2D eigenvalue weighted by Crippen LogP contribution is 2.25. The lowest BCUT2D eigenvalue weighted by molar-refractivity contribution is 0.102. The number of Topliss-reactive ketones (excluding diaryl/α,β-unsaturated/α-hetero) is 1. The largest absolute Gasteiger partial charge is 0.385 e.